The average Bonchev–Trinajstić information content (AvgIpc) is 1.65. The molecule has 0 aromatic rings. The SMILES string of the molecule is CC[C@@H](I)C=O. The van der Waals surface area contributed by atoms with Gasteiger partial charge in [-0.15, -0.1) is 0 Å². The molecule has 0 amide bonds. The summed E-state index contributed by atoms with van der Waals surface area (Å²) >= 11 is 2.10. The fourth-order valence-corrected chi connectivity index (χ4v) is 0.0962. The fourth-order valence-electron chi connectivity index (χ4n) is 0.0962. The first kappa shape index (κ1) is 6.40. The summed E-state index contributed by atoms with van der Waals surface area (Å²) in [5, 5.41) is 0. The highest BCUT2D eigenvalue weighted by Gasteiger charge is 1.91. The number of halogens is 1. The number of aldehydes is 1. The van der Waals surface area contributed by atoms with Crippen molar-refractivity contribution < 1.29 is 4.79 Å². The zero-order chi connectivity index (χ0) is 4.99. The van der Waals surface area contributed by atoms with E-state index in [9.17, 15) is 4.79 Å². The average molecular weight is 198 g/mol. The molecule has 0 radical (unpaired) electrons. The van der Waals surface area contributed by atoms with E-state index in [1.807, 2.05) is 6.92 Å². The molecule has 2 heteroatoms. The van der Waals surface area contributed by atoms with Gasteiger partial charge in [0.1, 0.15) is 6.29 Å². The molecule has 0 aliphatic carbocycles. The maximum Gasteiger partial charge on any atom is 0.132 e. The fraction of sp³-hybridized carbons (Fsp3) is 0.750. The van der Waals surface area contributed by atoms with Crippen LogP contribution in [0.2, 0.25) is 0 Å². The monoisotopic (exact) mass is 198 g/mol. The quantitative estimate of drug-likeness (QED) is 0.372. The van der Waals surface area contributed by atoms with Gasteiger partial charge in [0.2, 0.25) is 0 Å². The number of carbonyl (C=O) groups is 1. The van der Waals surface area contributed by atoms with Crippen molar-refractivity contribution in [3.8, 4) is 0 Å². The third kappa shape index (κ3) is 2.63. The Morgan fingerprint density at radius 3 is 2.50 bits per heavy atom. The minimum Gasteiger partial charge on any atom is -0.302 e. The van der Waals surface area contributed by atoms with Crippen molar-refractivity contribution in [2.75, 3.05) is 0 Å². The minimum atomic E-state index is 0.225. The molecule has 0 aromatic heterocycles. The number of hydrogen-bond acceptors (Lipinski definition) is 1. The third-order valence-corrected chi connectivity index (χ3v) is 1.71. The van der Waals surface area contributed by atoms with Crippen LogP contribution in [0, 0.1) is 0 Å². The van der Waals surface area contributed by atoms with Crippen LogP contribution in [0.25, 0.3) is 0 Å². The largest absolute Gasteiger partial charge is 0.302 e. The summed E-state index contributed by atoms with van der Waals surface area (Å²) in [4.78, 5) is 9.73. The normalized spacial score (nSPS) is 13.7. The van der Waals surface area contributed by atoms with Crippen LogP contribution in [0.3, 0.4) is 0 Å². The lowest BCUT2D eigenvalue weighted by molar-refractivity contribution is -0.107. The van der Waals surface area contributed by atoms with E-state index in [4.69, 9.17) is 0 Å². The molecular formula is C4H7IO. The molecule has 0 bridgehead atoms. The zero-order valence-corrected chi connectivity index (χ0v) is 5.81. The molecule has 1 nitrogen and oxygen atoms in total. The lowest BCUT2D eigenvalue weighted by Crippen LogP contribution is -1.92. The van der Waals surface area contributed by atoms with E-state index in [2.05, 4.69) is 22.6 Å². The second-order valence-electron chi connectivity index (χ2n) is 1.06. The van der Waals surface area contributed by atoms with Crippen LogP contribution in [-0.2, 0) is 4.79 Å². The van der Waals surface area contributed by atoms with Crippen LogP contribution >= 0.6 is 22.6 Å². The van der Waals surface area contributed by atoms with Gasteiger partial charge in [0, 0.05) is 0 Å². The summed E-state index contributed by atoms with van der Waals surface area (Å²) in [6.07, 6.45) is 1.91. The predicted octanol–water partition coefficient (Wildman–Crippen LogP) is 1.40. The molecule has 36 valence electrons. The second kappa shape index (κ2) is 3.59. The Morgan fingerprint density at radius 1 is 2.00 bits per heavy atom. The molecule has 1 atom stereocenters. The Bertz CT molecular complexity index is 44.8. The van der Waals surface area contributed by atoms with E-state index >= 15 is 0 Å². The highest BCUT2D eigenvalue weighted by Crippen LogP contribution is 1.98. The van der Waals surface area contributed by atoms with Crippen LogP contribution in [0.1, 0.15) is 13.3 Å². The van der Waals surface area contributed by atoms with Gasteiger partial charge in [-0.1, -0.05) is 29.5 Å². The molecule has 0 heterocycles. The summed E-state index contributed by atoms with van der Waals surface area (Å²) in [6.45, 7) is 1.99. The summed E-state index contributed by atoms with van der Waals surface area (Å²) in [5.74, 6) is 0. The topological polar surface area (TPSA) is 17.1 Å². The molecule has 0 fully saturated rings. The Kier molecular flexibility index (Phi) is 3.82. The van der Waals surface area contributed by atoms with Gasteiger partial charge >= 0.3 is 0 Å². The summed E-state index contributed by atoms with van der Waals surface area (Å²) in [6, 6.07) is 0. The second-order valence-corrected chi connectivity index (χ2v) is 2.66. The maximum atomic E-state index is 9.73. The molecule has 0 saturated carbocycles. The van der Waals surface area contributed by atoms with Crippen LogP contribution < -0.4 is 0 Å². The van der Waals surface area contributed by atoms with Crippen molar-refractivity contribution in [3.63, 3.8) is 0 Å². The first-order chi connectivity index (χ1) is 2.81. The van der Waals surface area contributed by atoms with Crippen molar-refractivity contribution in [1.82, 2.24) is 0 Å². The van der Waals surface area contributed by atoms with Gasteiger partial charge < -0.3 is 4.79 Å². The smallest absolute Gasteiger partial charge is 0.132 e. The third-order valence-electron chi connectivity index (χ3n) is 0.538. The van der Waals surface area contributed by atoms with Crippen molar-refractivity contribution in [1.29, 1.82) is 0 Å². The molecule has 0 aliphatic heterocycles. The Balaban J connectivity index is 2.96. The van der Waals surface area contributed by atoms with Crippen molar-refractivity contribution in [3.05, 3.63) is 0 Å². The van der Waals surface area contributed by atoms with Crippen LogP contribution in [0.4, 0.5) is 0 Å². The van der Waals surface area contributed by atoms with E-state index < -0.39 is 0 Å². The van der Waals surface area contributed by atoms with Crippen LogP contribution in [0.15, 0.2) is 0 Å². The molecule has 0 aliphatic rings. The van der Waals surface area contributed by atoms with Crippen LogP contribution in [-0.4, -0.2) is 10.2 Å². The number of hydrogen-bond donors (Lipinski definition) is 0. The molecule has 0 rings (SSSR count). The Labute approximate surface area is 51.3 Å². The molecule has 0 unspecified atom stereocenters. The first-order valence-corrected chi connectivity index (χ1v) is 3.15. The van der Waals surface area contributed by atoms with Gasteiger partial charge in [-0.05, 0) is 6.42 Å². The minimum absolute atomic E-state index is 0.225. The van der Waals surface area contributed by atoms with Crippen molar-refractivity contribution in [2.45, 2.75) is 17.3 Å². The van der Waals surface area contributed by atoms with E-state index in [-0.39, 0.29) is 3.92 Å². The molecule has 0 N–H and O–H groups in total. The van der Waals surface area contributed by atoms with Crippen molar-refractivity contribution in [2.24, 2.45) is 0 Å². The standard InChI is InChI=1S/C4H7IO/c1-2-4(5)3-6/h3-4H,2H2,1H3/t4-/m1/s1. The van der Waals surface area contributed by atoms with Gasteiger partial charge in [0.05, 0.1) is 3.92 Å². The summed E-state index contributed by atoms with van der Waals surface area (Å²) in [7, 11) is 0. The van der Waals surface area contributed by atoms with Gasteiger partial charge in [0.25, 0.3) is 0 Å². The van der Waals surface area contributed by atoms with Gasteiger partial charge in [-0.25, -0.2) is 0 Å². The van der Waals surface area contributed by atoms with E-state index in [0.29, 0.717) is 0 Å². The molecule has 0 aromatic carbocycles. The van der Waals surface area contributed by atoms with Crippen molar-refractivity contribution >= 4 is 28.9 Å². The highest BCUT2D eigenvalue weighted by atomic mass is 127. The van der Waals surface area contributed by atoms with E-state index in [1.54, 1.807) is 0 Å². The summed E-state index contributed by atoms with van der Waals surface area (Å²) in [5.41, 5.74) is 0. The predicted molar refractivity (Wildman–Crippen MR) is 34.2 cm³/mol. The lowest BCUT2D eigenvalue weighted by atomic mass is 10.4. The van der Waals surface area contributed by atoms with Gasteiger partial charge in [-0.2, -0.15) is 0 Å². The number of rotatable bonds is 2. The van der Waals surface area contributed by atoms with Crippen LogP contribution in [0.5, 0.6) is 0 Å². The maximum absolute atomic E-state index is 9.73. The lowest BCUT2D eigenvalue weighted by Gasteiger charge is -1.87. The Morgan fingerprint density at radius 2 is 2.50 bits per heavy atom. The number of alkyl halides is 1. The van der Waals surface area contributed by atoms with E-state index in [0.717, 1.165) is 12.7 Å². The summed E-state index contributed by atoms with van der Waals surface area (Å²) < 4.78 is 0.225. The molecule has 0 spiro atoms. The zero-order valence-electron chi connectivity index (χ0n) is 3.65. The molecule has 6 heavy (non-hydrogen) atoms. The highest BCUT2D eigenvalue weighted by molar-refractivity contribution is 14.1. The van der Waals surface area contributed by atoms with E-state index in [1.165, 1.54) is 0 Å². The molecular weight excluding hydrogens is 191 g/mol. The van der Waals surface area contributed by atoms with Gasteiger partial charge in [0.15, 0.2) is 0 Å². The molecule has 0 saturated heterocycles. The van der Waals surface area contributed by atoms with Gasteiger partial charge in [-0.3, -0.25) is 0 Å². The number of carbonyl (C=O) groups excluding carboxylic acids is 1. The first-order valence-electron chi connectivity index (χ1n) is 1.90. The Hall–Kier alpha value is 0.400.